The molecule has 35 heavy (non-hydrogen) atoms. The minimum Gasteiger partial charge on any atom is -0.483 e. The average molecular weight is 483 g/mol. The molecule has 1 aromatic heterocycles. The van der Waals surface area contributed by atoms with E-state index in [-0.39, 0.29) is 18.1 Å². The summed E-state index contributed by atoms with van der Waals surface area (Å²) in [6.07, 6.45) is 8.87. The molecule has 2 atom stereocenters. The number of piperidine rings is 2. The molecular formula is C28H38N2O5. The lowest BCUT2D eigenvalue weighted by atomic mass is 9.83. The van der Waals surface area contributed by atoms with Crippen LogP contribution in [-0.4, -0.2) is 68.3 Å². The SMILES string of the molecule is COCCN(CC1CCCN2CCCCC12)C(=O)COc1ccc2c3c(c(=O)oc2c1C)CCC3. The molecule has 0 saturated carbocycles. The fourth-order valence-electron chi connectivity index (χ4n) is 6.44. The second kappa shape index (κ2) is 10.7. The van der Waals surface area contributed by atoms with Gasteiger partial charge in [-0.1, -0.05) is 6.42 Å². The number of hydrogen-bond donors (Lipinski definition) is 0. The van der Waals surface area contributed by atoms with E-state index in [2.05, 4.69) is 4.90 Å². The largest absolute Gasteiger partial charge is 0.483 e. The molecule has 0 radical (unpaired) electrons. The molecular weight excluding hydrogens is 444 g/mol. The molecule has 3 aliphatic rings. The van der Waals surface area contributed by atoms with Crippen molar-refractivity contribution in [3.8, 4) is 5.75 Å². The monoisotopic (exact) mass is 482 g/mol. The number of nitrogens with zero attached hydrogens (tertiary/aromatic N) is 2. The third kappa shape index (κ3) is 4.98. The van der Waals surface area contributed by atoms with E-state index < -0.39 is 0 Å². The number of aryl methyl sites for hydroxylation is 2. The molecule has 7 heteroatoms. The van der Waals surface area contributed by atoms with E-state index in [0.717, 1.165) is 47.9 Å². The number of hydrogen-bond acceptors (Lipinski definition) is 6. The number of rotatable bonds is 8. The van der Waals surface area contributed by atoms with Crippen molar-refractivity contribution in [3.05, 3.63) is 39.2 Å². The highest BCUT2D eigenvalue weighted by Gasteiger charge is 2.34. The Labute approximate surface area is 207 Å². The van der Waals surface area contributed by atoms with E-state index >= 15 is 0 Å². The molecule has 190 valence electrons. The van der Waals surface area contributed by atoms with Crippen LogP contribution in [0.2, 0.25) is 0 Å². The van der Waals surface area contributed by atoms with Gasteiger partial charge < -0.3 is 23.7 Å². The van der Waals surface area contributed by atoms with E-state index in [1.807, 2.05) is 24.0 Å². The Morgan fingerprint density at radius 1 is 1.11 bits per heavy atom. The molecule has 0 spiro atoms. The maximum absolute atomic E-state index is 13.3. The van der Waals surface area contributed by atoms with Crippen LogP contribution in [0, 0.1) is 12.8 Å². The molecule has 2 unspecified atom stereocenters. The van der Waals surface area contributed by atoms with Crippen molar-refractivity contribution in [1.29, 1.82) is 0 Å². The normalized spacial score (nSPS) is 22.1. The number of methoxy groups -OCH3 is 1. The molecule has 1 aliphatic carbocycles. The first-order valence-corrected chi connectivity index (χ1v) is 13.3. The van der Waals surface area contributed by atoms with Gasteiger partial charge in [0.1, 0.15) is 11.3 Å². The van der Waals surface area contributed by atoms with Crippen LogP contribution in [0.1, 0.15) is 55.2 Å². The standard InChI is InChI=1S/C28H38N2O5/c1-19-25(12-11-22-21-8-5-9-23(21)28(32)35-27(19)22)34-18-26(31)30(15-16-33-2)17-20-7-6-14-29-13-4-3-10-24(20)29/h11-12,20,24H,3-10,13-18H2,1-2H3. The number of benzene rings is 1. The molecule has 5 rings (SSSR count). The van der Waals surface area contributed by atoms with Crippen molar-refractivity contribution in [2.45, 2.75) is 64.3 Å². The van der Waals surface area contributed by atoms with Crippen LogP contribution >= 0.6 is 0 Å². The van der Waals surface area contributed by atoms with Gasteiger partial charge in [0.05, 0.1) is 6.61 Å². The molecule has 7 nitrogen and oxygen atoms in total. The summed E-state index contributed by atoms with van der Waals surface area (Å²) < 4.78 is 17.0. The third-order valence-electron chi connectivity index (χ3n) is 8.29. The molecule has 0 bridgehead atoms. The topological polar surface area (TPSA) is 72.2 Å². The predicted molar refractivity (Wildman–Crippen MR) is 135 cm³/mol. The molecule has 2 aromatic rings. The minimum absolute atomic E-state index is 0.0233. The summed E-state index contributed by atoms with van der Waals surface area (Å²) in [7, 11) is 1.67. The zero-order valence-corrected chi connectivity index (χ0v) is 21.1. The summed E-state index contributed by atoms with van der Waals surface area (Å²) in [5.74, 6) is 1.07. The Balaban J connectivity index is 1.29. The molecule has 2 saturated heterocycles. The first-order chi connectivity index (χ1) is 17.1. The van der Waals surface area contributed by atoms with Gasteiger partial charge in [-0.2, -0.15) is 0 Å². The highest BCUT2D eigenvalue weighted by atomic mass is 16.5. The molecule has 0 N–H and O–H groups in total. The smallest absolute Gasteiger partial charge is 0.339 e. The van der Waals surface area contributed by atoms with Gasteiger partial charge in [-0.05, 0) is 88.6 Å². The van der Waals surface area contributed by atoms with Crippen molar-refractivity contribution in [3.63, 3.8) is 0 Å². The summed E-state index contributed by atoms with van der Waals surface area (Å²) in [5.41, 5.74) is 3.04. The lowest BCUT2D eigenvalue weighted by Gasteiger charge is -2.45. The maximum atomic E-state index is 13.3. The van der Waals surface area contributed by atoms with E-state index in [1.165, 1.54) is 45.2 Å². The number of fused-ring (bicyclic) bond motifs is 4. The van der Waals surface area contributed by atoms with Crippen LogP contribution in [0.25, 0.3) is 11.0 Å². The Morgan fingerprint density at radius 3 is 2.80 bits per heavy atom. The minimum atomic E-state index is -0.240. The fourth-order valence-corrected chi connectivity index (χ4v) is 6.44. The Kier molecular flexibility index (Phi) is 7.44. The lowest BCUT2D eigenvalue weighted by molar-refractivity contribution is -0.135. The summed E-state index contributed by atoms with van der Waals surface area (Å²) in [5, 5.41) is 0.990. The van der Waals surface area contributed by atoms with Gasteiger partial charge in [-0.15, -0.1) is 0 Å². The third-order valence-corrected chi connectivity index (χ3v) is 8.29. The van der Waals surface area contributed by atoms with E-state index in [1.54, 1.807) is 7.11 Å². The second-order valence-electron chi connectivity index (χ2n) is 10.4. The zero-order valence-electron chi connectivity index (χ0n) is 21.1. The van der Waals surface area contributed by atoms with Gasteiger partial charge in [-0.25, -0.2) is 4.79 Å². The van der Waals surface area contributed by atoms with Crippen molar-refractivity contribution in [1.82, 2.24) is 9.80 Å². The van der Waals surface area contributed by atoms with Crippen LogP contribution in [0.5, 0.6) is 5.75 Å². The molecule has 1 amide bonds. The van der Waals surface area contributed by atoms with Gasteiger partial charge in [0.15, 0.2) is 6.61 Å². The Hall–Kier alpha value is -2.38. The molecule has 2 aliphatic heterocycles. The van der Waals surface area contributed by atoms with Gasteiger partial charge in [-0.3, -0.25) is 4.79 Å². The quantitative estimate of drug-likeness (QED) is 0.534. The van der Waals surface area contributed by atoms with Gasteiger partial charge >= 0.3 is 5.63 Å². The van der Waals surface area contributed by atoms with Crippen LogP contribution in [0.4, 0.5) is 0 Å². The first kappa shape index (κ1) is 24.3. The van der Waals surface area contributed by atoms with Crippen molar-refractivity contribution >= 4 is 16.9 Å². The van der Waals surface area contributed by atoms with E-state index in [4.69, 9.17) is 13.9 Å². The number of amides is 1. The van der Waals surface area contributed by atoms with E-state index in [0.29, 0.717) is 36.4 Å². The number of carbonyl (C=O) groups is 1. The summed E-state index contributed by atoms with van der Waals surface area (Å²) in [6.45, 7) is 6.08. The first-order valence-electron chi connectivity index (χ1n) is 13.3. The molecule has 3 heterocycles. The van der Waals surface area contributed by atoms with Crippen LogP contribution in [-0.2, 0) is 22.4 Å². The highest BCUT2D eigenvalue weighted by Crippen LogP contribution is 2.34. The average Bonchev–Trinajstić information content (AvgIpc) is 3.38. The van der Waals surface area contributed by atoms with Crippen LogP contribution in [0.3, 0.4) is 0 Å². The van der Waals surface area contributed by atoms with Crippen LogP contribution in [0.15, 0.2) is 21.3 Å². The number of carbonyl (C=O) groups excluding carboxylic acids is 1. The number of ether oxygens (including phenoxy) is 2. The second-order valence-corrected chi connectivity index (χ2v) is 10.4. The van der Waals surface area contributed by atoms with Gasteiger partial charge in [0, 0.05) is 42.8 Å². The zero-order chi connectivity index (χ0) is 24.4. The summed E-state index contributed by atoms with van der Waals surface area (Å²) in [6, 6.07) is 4.46. The van der Waals surface area contributed by atoms with Crippen molar-refractivity contribution in [2.24, 2.45) is 5.92 Å². The fraction of sp³-hybridized carbons (Fsp3) is 0.643. The van der Waals surface area contributed by atoms with E-state index in [9.17, 15) is 9.59 Å². The Bertz CT molecular complexity index is 1120. The highest BCUT2D eigenvalue weighted by molar-refractivity contribution is 5.86. The van der Waals surface area contributed by atoms with Crippen LogP contribution < -0.4 is 10.4 Å². The van der Waals surface area contributed by atoms with Crippen molar-refractivity contribution in [2.75, 3.05) is 46.5 Å². The van der Waals surface area contributed by atoms with Gasteiger partial charge in [0.2, 0.25) is 0 Å². The van der Waals surface area contributed by atoms with Crippen molar-refractivity contribution < 1.29 is 18.7 Å². The summed E-state index contributed by atoms with van der Waals surface area (Å²) in [4.78, 5) is 30.3. The molecule has 2 fully saturated rings. The van der Waals surface area contributed by atoms with Gasteiger partial charge in [0.25, 0.3) is 5.91 Å². The maximum Gasteiger partial charge on any atom is 0.339 e. The molecule has 1 aromatic carbocycles. The lowest BCUT2D eigenvalue weighted by Crippen LogP contribution is -2.52. The summed E-state index contributed by atoms with van der Waals surface area (Å²) >= 11 is 0. The Morgan fingerprint density at radius 2 is 1.94 bits per heavy atom. The predicted octanol–water partition coefficient (Wildman–Crippen LogP) is 3.71.